The van der Waals surface area contributed by atoms with Gasteiger partial charge in [0.1, 0.15) is 0 Å². The van der Waals surface area contributed by atoms with Gasteiger partial charge in [-0.2, -0.15) is 4.98 Å². The molecule has 0 N–H and O–H groups in total. The number of aromatic nitrogens is 6. The van der Waals surface area contributed by atoms with Crippen LogP contribution in [0.25, 0.3) is 22.8 Å². The Morgan fingerprint density at radius 3 is 2.72 bits per heavy atom. The van der Waals surface area contributed by atoms with Gasteiger partial charge in [0.05, 0.1) is 11.3 Å². The van der Waals surface area contributed by atoms with Crippen LogP contribution in [0.3, 0.4) is 0 Å². The fraction of sp³-hybridized carbons (Fsp3) is 0.125. The average molecular weight is 352 g/mol. The smallest absolute Gasteiger partial charge is 0.277 e. The number of hydrogen-bond donors (Lipinski definition) is 0. The summed E-state index contributed by atoms with van der Waals surface area (Å²) in [5.41, 5.74) is 2.56. The summed E-state index contributed by atoms with van der Waals surface area (Å²) in [6.07, 6.45) is 5.07. The van der Waals surface area contributed by atoms with Crippen molar-refractivity contribution in [2.75, 3.05) is 0 Å². The van der Waals surface area contributed by atoms with Crippen LogP contribution < -0.4 is 0 Å². The first-order chi connectivity index (χ1) is 12.3. The van der Waals surface area contributed by atoms with Crippen molar-refractivity contribution in [3.8, 4) is 22.8 Å². The Morgan fingerprint density at radius 2 is 1.92 bits per heavy atom. The standard InChI is InChI=1S/C16H12N6O2S/c1-10-2-3-12(8-18-10)15-20-21-16(23-15)25-9-13-19-14(22-24-13)11-4-6-17-7-5-11/h2-8H,9H2,1H3. The zero-order chi connectivity index (χ0) is 17.1. The highest BCUT2D eigenvalue weighted by molar-refractivity contribution is 7.98. The largest absolute Gasteiger partial charge is 0.411 e. The highest BCUT2D eigenvalue weighted by Crippen LogP contribution is 2.25. The summed E-state index contributed by atoms with van der Waals surface area (Å²) in [5.74, 6) is 1.87. The van der Waals surface area contributed by atoms with Crippen molar-refractivity contribution in [1.82, 2.24) is 30.3 Å². The van der Waals surface area contributed by atoms with Gasteiger partial charge in [0.2, 0.25) is 17.6 Å². The molecule has 0 amide bonds. The van der Waals surface area contributed by atoms with Crippen molar-refractivity contribution in [3.05, 3.63) is 54.4 Å². The molecular formula is C16H12N6O2S. The van der Waals surface area contributed by atoms with E-state index >= 15 is 0 Å². The summed E-state index contributed by atoms with van der Waals surface area (Å²) in [7, 11) is 0. The summed E-state index contributed by atoms with van der Waals surface area (Å²) in [6, 6.07) is 7.43. The lowest BCUT2D eigenvalue weighted by Crippen LogP contribution is -1.83. The topological polar surface area (TPSA) is 104 Å². The third-order valence-electron chi connectivity index (χ3n) is 3.29. The molecule has 4 aromatic heterocycles. The van der Waals surface area contributed by atoms with Gasteiger partial charge in [0.25, 0.3) is 5.22 Å². The number of rotatable bonds is 5. The second-order valence-electron chi connectivity index (χ2n) is 5.10. The van der Waals surface area contributed by atoms with E-state index in [1.807, 2.05) is 31.2 Å². The fourth-order valence-corrected chi connectivity index (χ4v) is 2.63. The SMILES string of the molecule is Cc1ccc(-c2nnc(SCc3nc(-c4ccncc4)no3)o2)cn1. The minimum absolute atomic E-state index is 0.429. The van der Waals surface area contributed by atoms with E-state index in [0.29, 0.717) is 28.6 Å². The van der Waals surface area contributed by atoms with E-state index in [1.165, 1.54) is 11.8 Å². The molecule has 0 aliphatic rings. The van der Waals surface area contributed by atoms with E-state index in [1.54, 1.807) is 18.6 Å². The molecule has 0 saturated heterocycles. The molecule has 124 valence electrons. The Balaban J connectivity index is 1.42. The molecule has 0 aliphatic carbocycles. The summed E-state index contributed by atoms with van der Waals surface area (Å²) >= 11 is 1.33. The molecule has 0 aliphatic heterocycles. The van der Waals surface area contributed by atoms with Crippen LogP contribution in [0.2, 0.25) is 0 Å². The van der Waals surface area contributed by atoms with Crippen molar-refractivity contribution in [1.29, 1.82) is 0 Å². The van der Waals surface area contributed by atoms with Gasteiger partial charge in [-0.1, -0.05) is 16.9 Å². The molecule has 4 rings (SSSR count). The van der Waals surface area contributed by atoms with E-state index in [-0.39, 0.29) is 0 Å². The van der Waals surface area contributed by atoms with Crippen molar-refractivity contribution in [2.45, 2.75) is 17.9 Å². The maximum absolute atomic E-state index is 5.63. The fourth-order valence-electron chi connectivity index (χ4n) is 2.03. The first kappa shape index (κ1) is 15.5. The normalized spacial score (nSPS) is 10.9. The van der Waals surface area contributed by atoms with Crippen LogP contribution in [-0.2, 0) is 5.75 Å². The highest BCUT2D eigenvalue weighted by Gasteiger charge is 2.13. The summed E-state index contributed by atoms with van der Waals surface area (Å²) in [5, 5.41) is 12.4. The maximum Gasteiger partial charge on any atom is 0.277 e. The second-order valence-corrected chi connectivity index (χ2v) is 6.02. The van der Waals surface area contributed by atoms with E-state index < -0.39 is 0 Å². The molecular weight excluding hydrogens is 340 g/mol. The lowest BCUT2D eigenvalue weighted by atomic mass is 10.2. The Morgan fingerprint density at radius 1 is 1.04 bits per heavy atom. The van der Waals surface area contributed by atoms with Crippen molar-refractivity contribution < 1.29 is 8.94 Å². The molecule has 0 spiro atoms. The third-order valence-corrected chi connectivity index (χ3v) is 4.09. The highest BCUT2D eigenvalue weighted by atomic mass is 32.2. The Labute approximate surface area is 146 Å². The number of aryl methyl sites for hydroxylation is 1. The van der Waals surface area contributed by atoms with Crippen LogP contribution in [0.1, 0.15) is 11.6 Å². The summed E-state index contributed by atoms with van der Waals surface area (Å²) in [6.45, 7) is 1.92. The Bertz CT molecular complexity index is 968. The first-order valence-electron chi connectivity index (χ1n) is 7.40. The van der Waals surface area contributed by atoms with Crippen LogP contribution in [0.15, 0.2) is 57.0 Å². The lowest BCUT2D eigenvalue weighted by Gasteiger charge is -1.94. The molecule has 0 bridgehead atoms. The molecule has 0 atom stereocenters. The number of nitrogens with zero attached hydrogens (tertiary/aromatic N) is 6. The monoisotopic (exact) mass is 352 g/mol. The van der Waals surface area contributed by atoms with Crippen LogP contribution in [0, 0.1) is 6.92 Å². The third kappa shape index (κ3) is 3.56. The van der Waals surface area contributed by atoms with Crippen LogP contribution in [0.4, 0.5) is 0 Å². The summed E-state index contributed by atoms with van der Waals surface area (Å²) < 4.78 is 10.9. The molecule has 0 aromatic carbocycles. The molecule has 8 nitrogen and oxygen atoms in total. The predicted octanol–water partition coefficient (Wildman–Crippen LogP) is 3.18. The maximum atomic E-state index is 5.63. The number of pyridine rings is 2. The quantitative estimate of drug-likeness (QED) is 0.501. The molecule has 9 heteroatoms. The zero-order valence-electron chi connectivity index (χ0n) is 13.2. The van der Waals surface area contributed by atoms with Gasteiger partial charge in [0.15, 0.2) is 0 Å². The summed E-state index contributed by atoms with van der Waals surface area (Å²) in [4.78, 5) is 12.5. The second kappa shape index (κ2) is 6.81. The predicted molar refractivity (Wildman–Crippen MR) is 89.4 cm³/mol. The van der Waals surface area contributed by atoms with Crippen molar-refractivity contribution in [2.24, 2.45) is 0 Å². The minimum Gasteiger partial charge on any atom is -0.411 e. The average Bonchev–Trinajstić information content (AvgIpc) is 3.31. The lowest BCUT2D eigenvalue weighted by molar-refractivity contribution is 0.391. The van der Waals surface area contributed by atoms with Crippen LogP contribution in [-0.4, -0.2) is 30.3 Å². The molecule has 4 heterocycles. The van der Waals surface area contributed by atoms with E-state index in [9.17, 15) is 0 Å². The Hall–Kier alpha value is -3.07. The van der Waals surface area contributed by atoms with E-state index in [2.05, 4.69) is 30.3 Å². The van der Waals surface area contributed by atoms with Crippen molar-refractivity contribution in [3.63, 3.8) is 0 Å². The van der Waals surface area contributed by atoms with Gasteiger partial charge in [-0.25, -0.2) is 0 Å². The van der Waals surface area contributed by atoms with E-state index in [0.717, 1.165) is 16.8 Å². The number of thioether (sulfide) groups is 1. The molecule has 0 unspecified atom stereocenters. The van der Waals surface area contributed by atoms with Gasteiger partial charge in [-0.3, -0.25) is 9.97 Å². The first-order valence-corrected chi connectivity index (χ1v) is 8.39. The molecule has 4 aromatic rings. The van der Waals surface area contributed by atoms with Crippen LogP contribution >= 0.6 is 11.8 Å². The van der Waals surface area contributed by atoms with Gasteiger partial charge in [0, 0.05) is 29.8 Å². The minimum atomic E-state index is 0.429. The van der Waals surface area contributed by atoms with Gasteiger partial charge < -0.3 is 8.94 Å². The Kier molecular flexibility index (Phi) is 4.21. The molecule has 0 saturated carbocycles. The van der Waals surface area contributed by atoms with Crippen LogP contribution in [0.5, 0.6) is 0 Å². The number of hydrogen-bond acceptors (Lipinski definition) is 9. The van der Waals surface area contributed by atoms with Gasteiger partial charge in [-0.05, 0) is 31.2 Å². The van der Waals surface area contributed by atoms with E-state index in [4.69, 9.17) is 8.94 Å². The van der Waals surface area contributed by atoms with Crippen molar-refractivity contribution >= 4 is 11.8 Å². The van der Waals surface area contributed by atoms with Gasteiger partial charge >= 0.3 is 0 Å². The molecule has 0 radical (unpaired) electrons. The van der Waals surface area contributed by atoms with Gasteiger partial charge in [-0.15, -0.1) is 10.2 Å². The zero-order valence-corrected chi connectivity index (χ0v) is 14.0. The molecule has 25 heavy (non-hydrogen) atoms. The molecule has 0 fully saturated rings.